The zero-order chi connectivity index (χ0) is 17.0. The standard InChI is InChI=1S/C14H14F3N3O3/c1-8-11(20-7-19-8)6-18-13(21)10-5-9(22-2)3-4-12(10)23-14(15,16)17/h3-5,7H,6H2,1-2H3,(H,18,21)(H,19,20). The van der Waals surface area contributed by atoms with Crippen LogP contribution < -0.4 is 14.8 Å². The maximum atomic E-state index is 12.4. The van der Waals surface area contributed by atoms with Crippen LogP contribution in [0.5, 0.6) is 11.5 Å². The summed E-state index contributed by atoms with van der Waals surface area (Å²) in [7, 11) is 1.34. The van der Waals surface area contributed by atoms with Crippen molar-refractivity contribution < 1.29 is 27.4 Å². The lowest BCUT2D eigenvalue weighted by Crippen LogP contribution is -2.26. The van der Waals surface area contributed by atoms with E-state index >= 15 is 0 Å². The Balaban J connectivity index is 2.21. The minimum atomic E-state index is -4.90. The quantitative estimate of drug-likeness (QED) is 0.884. The number of methoxy groups -OCH3 is 1. The molecule has 2 rings (SSSR count). The number of nitrogens with zero attached hydrogens (tertiary/aromatic N) is 1. The van der Waals surface area contributed by atoms with Gasteiger partial charge in [0, 0.05) is 5.69 Å². The molecular weight excluding hydrogens is 315 g/mol. The lowest BCUT2D eigenvalue weighted by atomic mass is 10.1. The van der Waals surface area contributed by atoms with E-state index in [1.807, 2.05) is 0 Å². The van der Waals surface area contributed by atoms with Gasteiger partial charge in [-0.3, -0.25) is 4.79 Å². The van der Waals surface area contributed by atoms with Crippen molar-refractivity contribution in [3.63, 3.8) is 0 Å². The number of H-pyrrole nitrogens is 1. The molecule has 1 aromatic heterocycles. The third-order valence-electron chi connectivity index (χ3n) is 3.01. The number of imidazole rings is 1. The summed E-state index contributed by atoms with van der Waals surface area (Å²) in [6.07, 6.45) is -3.44. The zero-order valence-corrected chi connectivity index (χ0v) is 12.3. The maximum absolute atomic E-state index is 12.4. The van der Waals surface area contributed by atoms with Gasteiger partial charge in [-0.15, -0.1) is 13.2 Å². The highest BCUT2D eigenvalue weighted by Crippen LogP contribution is 2.29. The van der Waals surface area contributed by atoms with Crippen molar-refractivity contribution in [2.75, 3.05) is 7.11 Å². The third-order valence-corrected chi connectivity index (χ3v) is 3.01. The summed E-state index contributed by atoms with van der Waals surface area (Å²) < 4.78 is 46.1. The van der Waals surface area contributed by atoms with Crippen LogP contribution in [0, 0.1) is 6.92 Å². The molecule has 1 aromatic carbocycles. The van der Waals surface area contributed by atoms with Crippen LogP contribution in [0.15, 0.2) is 24.5 Å². The summed E-state index contributed by atoms with van der Waals surface area (Å²) in [5.74, 6) is -1.10. The Morgan fingerprint density at radius 3 is 2.70 bits per heavy atom. The van der Waals surface area contributed by atoms with E-state index in [1.54, 1.807) is 6.92 Å². The normalized spacial score (nSPS) is 11.2. The molecule has 0 unspecified atom stereocenters. The third kappa shape index (κ3) is 4.38. The molecule has 6 nitrogen and oxygen atoms in total. The second kappa shape index (κ2) is 6.59. The van der Waals surface area contributed by atoms with Crippen LogP contribution in [0.25, 0.3) is 0 Å². The van der Waals surface area contributed by atoms with E-state index < -0.39 is 18.0 Å². The highest BCUT2D eigenvalue weighted by atomic mass is 19.4. The predicted octanol–water partition coefficient (Wildman–Crippen LogP) is 2.56. The van der Waals surface area contributed by atoms with Crippen LogP contribution in [-0.2, 0) is 6.54 Å². The van der Waals surface area contributed by atoms with Gasteiger partial charge in [-0.2, -0.15) is 0 Å². The molecule has 1 heterocycles. The molecule has 0 saturated heterocycles. The summed E-state index contributed by atoms with van der Waals surface area (Å²) in [5, 5.41) is 2.50. The number of benzene rings is 1. The molecule has 0 atom stereocenters. The van der Waals surface area contributed by atoms with Gasteiger partial charge in [0.1, 0.15) is 11.5 Å². The van der Waals surface area contributed by atoms with Crippen LogP contribution in [-0.4, -0.2) is 29.3 Å². The van der Waals surface area contributed by atoms with Gasteiger partial charge >= 0.3 is 6.36 Å². The minimum Gasteiger partial charge on any atom is -0.497 e. The van der Waals surface area contributed by atoms with Gasteiger partial charge in [0.25, 0.3) is 5.91 Å². The molecule has 0 aliphatic heterocycles. The van der Waals surface area contributed by atoms with Crippen molar-refractivity contribution in [2.45, 2.75) is 19.8 Å². The topological polar surface area (TPSA) is 76.2 Å². The smallest absolute Gasteiger partial charge is 0.497 e. The number of halogens is 3. The molecule has 0 spiro atoms. The van der Waals surface area contributed by atoms with E-state index in [0.717, 1.165) is 11.8 Å². The number of aryl methyl sites for hydroxylation is 1. The number of ether oxygens (including phenoxy) is 2. The molecule has 9 heteroatoms. The van der Waals surface area contributed by atoms with Gasteiger partial charge in [-0.25, -0.2) is 4.98 Å². The van der Waals surface area contributed by atoms with Crippen molar-refractivity contribution in [1.29, 1.82) is 0 Å². The number of carbonyl (C=O) groups excluding carboxylic acids is 1. The first kappa shape index (κ1) is 16.7. The van der Waals surface area contributed by atoms with E-state index in [-0.39, 0.29) is 17.9 Å². The number of alkyl halides is 3. The molecule has 2 aromatic rings. The summed E-state index contributed by atoms with van der Waals surface area (Å²) in [4.78, 5) is 19.0. The Bertz CT molecular complexity index is 698. The van der Waals surface area contributed by atoms with E-state index in [4.69, 9.17) is 4.74 Å². The average molecular weight is 329 g/mol. The first-order valence-electron chi connectivity index (χ1n) is 6.51. The summed E-state index contributed by atoms with van der Waals surface area (Å²) in [6, 6.07) is 3.48. The Labute approximate surface area is 129 Å². The second-order valence-corrected chi connectivity index (χ2v) is 4.57. The monoisotopic (exact) mass is 329 g/mol. The number of hydrogen-bond acceptors (Lipinski definition) is 4. The van der Waals surface area contributed by atoms with Crippen molar-refractivity contribution in [3.8, 4) is 11.5 Å². The van der Waals surface area contributed by atoms with Crippen LogP contribution in [0.1, 0.15) is 21.7 Å². The number of nitrogens with one attached hydrogen (secondary N) is 2. The van der Waals surface area contributed by atoms with Gasteiger partial charge in [0.15, 0.2) is 0 Å². The van der Waals surface area contributed by atoms with Gasteiger partial charge in [0.05, 0.1) is 31.2 Å². The van der Waals surface area contributed by atoms with Crippen molar-refractivity contribution in [1.82, 2.24) is 15.3 Å². The molecule has 0 fully saturated rings. The van der Waals surface area contributed by atoms with Gasteiger partial charge < -0.3 is 19.8 Å². The molecule has 0 aliphatic carbocycles. The summed E-state index contributed by atoms with van der Waals surface area (Å²) in [6.45, 7) is 1.83. The van der Waals surface area contributed by atoms with Crippen molar-refractivity contribution >= 4 is 5.91 Å². The van der Waals surface area contributed by atoms with Gasteiger partial charge in [-0.1, -0.05) is 0 Å². The lowest BCUT2D eigenvalue weighted by Gasteiger charge is -2.14. The number of hydrogen-bond donors (Lipinski definition) is 2. The Morgan fingerprint density at radius 2 is 2.13 bits per heavy atom. The maximum Gasteiger partial charge on any atom is 0.573 e. The Hall–Kier alpha value is -2.71. The van der Waals surface area contributed by atoms with Crippen molar-refractivity contribution in [3.05, 3.63) is 41.5 Å². The van der Waals surface area contributed by atoms with Crippen LogP contribution in [0.2, 0.25) is 0 Å². The Morgan fingerprint density at radius 1 is 1.39 bits per heavy atom. The minimum absolute atomic E-state index is 0.0663. The fraction of sp³-hybridized carbons (Fsp3) is 0.286. The van der Waals surface area contributed by atoms with E-state index in [9.17, 15) is 18.0 Å². The second-order valence-electron chi connectivity index (χ2n) is 4.57. The molecule has 124 valence electrons. The van der Waals surface area contributed by atoms with Crippen LogP contribution in [0.4, 0.5) is 13.2 Å². The predicted molar refractivity (Wildman–Crippen MR) is 74.2 cm³/mol. The SMILES string of the molecule is COc1ccc(OC(F)(F)F)c(C(=O)NCc2nc[nH]c2C)c1. The van der Waals surface area contributed by atoms with Crippen molar-refractivity contribution in [2.24, 2.45) is 0 Å². The summed E-state index contributed by atoms with van der Waals surface area (Å²) >= 11 is 0. The molecule has 23 heavy (non-hydrogen) atoms. The van der Waals surface area contributed by atoms with Crippen LogP contribution >= 0.6 is 0 Å². The molecule has 0 saturated carbocycles. The molecular formula is C14H14F3N3O3. The molecule has 0 bridgehead atoms. The summed E-state index contributed by atoms with van der Waals surface area (Å²) in [5.41, 5.74) is 1.05. The largest absolute Gasteiger partial charge is 0.573 e. The van der Waals surface area contributed by atoms with E-state index in [1.165, 1.54) is 25.6 Å². The van der Waals surface area contributed by atoms with Crippen LogP contribution in [0.3, 0.4) is 0 Å². The molecule has 2 N–H and O–H groups in total. The number of carbonyl (C=O) groups is 1. The Kier molecular flexibility index (Phi) is 4.77. The molecule has 0 radical (unpaired) electrons. The zero-order valence-electron chi connectivity index (χ0n) is 12.3. The van der Waals surface area contributed by atoms with Gasteiger partial charge in [-0.05, 0) is 25.1 Å². The lowest BCUT2D eigenvalue weighted by molar-refractivity contribution is -0.274. The van der Waals surface area contributed by atoms with E-state index in [2.05, 4.69) is 20.0 Å². The molecule has 0 aliphatic rings. The number of rotatable bonds is 5. The highest BCUT2D eigenvalue weighted by molar-refractivity contribution is 5.97. The number of aromatic nitrogens is 2. The highest BCUT2D eigenvalue weighted by Gasteiger charge is 2.33. The van der Waals surface area contributed by atoms with Gasteiger partial charge in [0.2, 0.25) is 0 Å². The van der Waals surface area contributed by atoms with E-state index in [0.29, 0.717) is 5.69 Å². The molecule has 1 amide bonds. The average Bonchev–Trinajstić information content (AvgIpc) is 2.89. The number of amides is 1. The number of aromatic amines is 1. The first-order valence-corrected chi connectivity index (χ1v) is 6.51. The fourth-order valence-electron chi connectivity index (χ4n) is 1.85. The first-order chi connectivity index (χ1) is 10.8. The fourth-order valence-corrected chi connectivity index (χ4v) is 1.85.